The highest BCUT2D eigenvalue weighted by Crippen LogP contribution is 2.33. The maximum atomic E-state index is 13.0. The summed E-state index contributed by atoms with van der Waals surface area (Å²) in [4.78, 5) is 16.9. The lowest BCUT2D eigenvalue weighted by atomic mass is 9.88. The zero-order chi connectivity index (χ0) is 15.0. The molecule has 0 bridgehead atoms. The Labute approximate surface area is 118 Å². The smallest absolute Gasteiger partial charge is 0.259 e. The third kappa shape index (κ3) is 2.66. The van der Waals surface area contributed by atoms with Crippen LogP contribution in [0.1, 0.15) is 39.7 Å². The molecule has 1 aliphatic heterocycles. The van der Waals surface area contributed by atoms with Gasteiger partial charge in [-0.25, -0.2) is 9.38 Å². The number of carbonyl (C=O) groups is 1. The molecule has 0 aliphatic carbocycles. The average Bonchev–Trinajstić information content (AvgIpc) is 2.65. The van der Waals surface area contributed by atoms with Gasteiger partial charge in [0.1, 0.15) is 5.82 Å². The highest BCUT2D eigenvalue weighted by atomic mass is 19.1. The summed E-state index contributed by atoms with van der Waals surface area (Å²) in [6.07, 6.45) is 0.514. The third-order valence-corrected chi connectivity index (χ3v) is 3.24. The van der Waals surface area contributed by atoms with E-state index in [1.807, 2.05) is 27.7 Å². The summed E-state index contributed by atoms with van der Waals surface area (Å²) in [6, 6.07) is 5.93. The van der Waals surface area contributed by atoms with Crippen LogP contribution in [0.25, 0.3) is 0 Å². The van der Waals surface area contributed by atoms with E-state index < -0.39 is 5.54 Å². The SMILES string of the molecule is CCC1(c2ccc(F)cc2)N=C(NC(C)(C)C)NC1=O. The van der Waals surface area contributed by atoms with Gasteiger partial charge >= 0.3 is 0 Å². The van der Waals surface area contributed by atoms with Gasteiger partial charge in [-0.1, -0.05) is 19.1 Å². The Morgan fingerprint density at radius 3 is 2.40 bits per heavy atom. The second-order valence-corrected chi connectivity index (χ2v) is 6.01. The van der Waals surface area contributed by atoms with Crippen molar-refractivity contribution in [3.05, 3.63) is 35.6 Å². The Balaban J connectivity index is 2.39. The van der Waals surface area contributed by atoms with Crippen LogP contribution in [0.3, 0.4) is 0 Å². The normalized spacial score (nSPS) is 22.4. The predicted molar refractivity (Wildman–Crippen MR) is 76.8 cm³/mol. The number of halogens is 1. The van der Waals surface area contributed by atoms with Crippen LogP contribution in [0, 0.1) is 5.82 Å². The molecule has 5 heteroatoms. The Hall–Kier alpha value is -1.91. The fourth-order valence-electron chi connectivity index (χ4n) is 2.26. The van der Waals surface area contributed by atoms with Crippen molar-refractivity contribution in [2.24, 2.45) is 4.99 Å². The standard InChI is InChI=1S/C15H20FN3O/c1-5-15(10-6-8-11(16)9-7-10)12(20)17-13(19-15)18-14(2,3)4/h6-9H,5H2,1-4H3,(H2,17,18,19,20). The van der Waals surface area contributed by atoms with E-state index in [0.29, 0.717) is 17.9 Å². The minimum Gasteiger partial charge on any atom is -0.351 e. The van der Waals surface area contributed by atoms with Gasteiger partial charge in [0.15, 0.2) is 11.5 Å². The first-order valence-electron chi connectivity index (χ1n) is 6.72. The van der Waals surface area contributed by atoms with Crippen LogP contribution in [-0.4, -0.2) is 17.4 Å². The number of amides is 1. The maximum absolute atomic E-state index is 13.0. The molecule has 0 fully saturated rings. The van der Waals surface area contributed by atoms with Crippen molar-refractivity contribution in [2.45, 2.75) is 45.2 Å². The lowest BCUT2D eigenvalue weighted by molar-refractivity contribution is -0.124. The Kier molecular flexibility index (Phi) is 3.54. The molecule has 2 N–H and O–H groups in total. The summed E-state index contributed by atoms with van der Waals surface area (Å²) in [5.74, 6) is -0.0394. The molecule has 0 radical (unpaired) electrons. The van der Waals surface area contributed by atoms with Gasteiger partial charge < -0.3 is 5.32 Å². The number of nitrogens with one attached hydrogen (secondary N) is 2. The van der Waals surface area contributed by atoms with E-state index >= 15 is 0 Å². The van der Waals surface area contributed by atoms with Crippen LogP contribution in [-0.2, 0) is 10.3 Å². The molecular formula is C15H20FN3O. The molecule has 1 heterocycles. The summed E-state index contributed by atoms with van der Waals surface area (Å²) in [5, 5.41) is 5.93. The van der Waals surface area contributed by atoms with Crippen molar-refractivity contribution < 1.29 is 9.18 Å². The van der Waals surface area contributed by atoms with E-state index in [1.165, 1.54) is 12.1 Å². The second kappa shape index (κ2) is 4.89. The van der Waals surface area contributed by atoms with E-state index in [2.05, 4.69) is 15.6 Å². The van der Waals surface area contributed by atoms with Crippen LogP contribution in [0.4, 0.5) is 4.39 Å². The highest BCUT2D eigenvalue weighted by Gasteiger charge is 2.44. The molecule has 1 amide bonds. The fourth-order valence-corrected chi connectivity index (χ4v) is 2.26. The minimum absolute atomic E-state index is 0.182. The molecule has 4 nitrogen and oxygen atoms in total. The first kappa shape index (κ1) is 14.5. The summed E-state index contributed by atoms with van der Waals surface area (Å²) in [6.45, 7) is 7.87. The summed E-state index contributed by atoms with van der Waals surface area (Å²) >= 11 is 0. The number of rotatable bonds is 2. The number of benzene rings is 1. The molecule has 0 saturated carbocycles. The van der Waals surface area contributed by atoms with E-state index in [9.17, 15) is 9.18 Å². The summed E-state index contributed by atoms with van der Waals surface area (Å²) < 4.78 is 13.0. The molecule has 108 valence electrons. The molecule has 1 atom stereocenters. The molecule has 1 unspecified atom stereocenters. The van der Waals surface area contributed by atoms with Gasteiger partial charge in [0.05, 0.1) is 0 Å². The third-order valence-electron chi connectivity index (χ3n) is 3.24. The van der Waals surface area contributed by atoms with Crippen molar-refractivity contribution in [1.29, 1.82) is 0 Å². The van der Waals surface area contributed by atoms with Crippen LogP contribution in [0.5, 0.6) is 0 Å². The quantitative estimate of drug-likeness (QED) is 0.871. The van der Waals surface area contributed by atoms with Crippen molar-refractivity contribution in [3.63, 3.8) is 0 Å². The van der Waals surface area contributed by atoms with Gasteiger partial charge in [0.25, 0.3) is 5.91 Å². The number of aliphatic imine (C=N–C) groups is 1. The largest absolute Gasteiger partial charge is 0.351 e. The zero-order valence-corrected chi connectivity index (χ0v) is 12.2. The molecule has 1 aromatic rings. The number of guanidine groups is 1. The number of hydrogen-bond donors (Lipinski definition) is 2. The van der Waals surface area contributed by atoms with E-state index in [4.69, 9.17) is 0 Å². The zero-order valence-electron chi connectivity index (χ0n) is 12.2. The lowest BCUT2D eigenvalue weighted by Gasteiger charge is -2.22. The van der Waals surface area contributed by atoms with Gasteiger partial charge in [-0.3, -0.25) is 10.1 Å². The maximum Gasteiger partial charge on any atom is 0.259 e. The van der Waals surface area contributed by atoms with Crippen LogP contribution in [0.15, 0.2) is 29.3 Å². The highest BCUT2D eigenvalue weighted by molar-refractivity contribution is 6.07. The summed E-state index contributed by atoms with van der Waals surface area (Å²) in [5.41, 5.74) is -0.468. The number of nitrogens with zero attached hydrogens (tertiary/aromatic N) is 1. The van der Waals surface area contributed by atoms with Gasteiger partial charge in [-0.05, 0) is 44.9 Å². The second-order valence-electron chi connectivity index (χ2n) is 6.01. The Morgan fingerprint density at radius 1 is 1.30 bits per heavy atom. The van der Waals surface area contributed by atoms with Gasteiger partial charge in [0, 0.05) is 5.54 Å². The van der Waals surface area contributed by atoms with Gasteiger partial charge in [0.2, 0.25) is 0 Å². The van der Waals surface area contributed by atoms with Gasteiger partial charge in [-0.15, -0.1) is 0 Å². The average molecular weight is 277 g/mol. The first-order valence-corrected chi connectivity index (χ1v) is 6.72. The van der Waals surface area contributed by atoms with Crippen LogP contribution >= 0.6 is 0 Å². The van der Waals surface area contributed by atoms with Crippen LogP contribution < -0.4 is 10.6 Å². The lowest BCUT2D eigenvalue weighted by Crippen LogP contribution is -2.47. The molecule has 20 heavy (non-hydrogen) atoms. The van der Waals surface area contributed by atoms with E-state index in [-0.39, 0.29) is 17.3 Å². The molecule has 0 aromatic heterocycles. The number of hydrogen-bond acceptors (Lipinski definition) is 3. The molecule has 0 saturated heterocycles. The fraction of sp³-hybridized carbons (Fsp3) is 0.467. The molecule has 1 aromatic carbocycles. The summed E-state index contributed by atoms with van der Waals surface area (Å²) in [7, 11) is 0. The molecule has 2 rings (SSSR count). The van der Waals surface area contributed by atoms with E-state index in [0.717, 1.165) is 0 Å². The topological polar surface area (TPSA) is 53.5 Å². The monoisotopic (exact) mass is 277 g/mol. The van der Waals surface area contributed by atoms with Crippen LogP contribution in [0.2, 0.25) is 0 Å². The van der Waals surface area contributed by atoms with Crippen molar-refractivity contribution >= 4 is 11.9 Å². The molecular weight excluding hydrogens is 257 g/mol. The van der Waals surface area contributed by atoms with E-state index in [1.54, 1.807) is 12.1 Å². The predicted octanol–water partition coefficient (Wildman–Crippen LogP) is 2.30. The number of carbonyl (C=O) groups excluding carboxylic acids is 1. The first-order chi connectivity index (χ1) is 9.27. The van der Waals surface area contributed by atoms with Crippen molar-refractivity contribution in [1.82, 2.24) is 10.6 Å². The minimum atomic E-state index is -0.971. The molecule has 1 aliphatic rings. The molecule has 0 spiro atoms. The van der Waals surface area contributed by atoms with Crippen molar-refractivity contribution in [2.75, 3.05) is 0 Å². The van der Waals surface area contributed by atoms with Gasteiger partial charge in [-0.2, -0.15) is 0 Å². The Morgan fingerprint density at radius 2 is 1.90 bits per heavy atom. The van der Waals surface area contributed by atoms with Crippen molar-refractivity contribution in [3.8, 4) is 0 Å². The Bertz CT molecular complexity index is 545.